The van der Waals surface area contributed by atoms with Gasteiger partial charge in [-0.1, -0.05) is 50.6 Å². The van der Waals surface area contributed by atoms with E-state index in [0.717, 1.165) is 12.0 Å². The molecule has 0 aliphatic rings. The van der Waals surface area contributed by atoms with Crippen molar-refractivity contribution in [2.45, 2.75) is 47.1 Å². The lowest BCUT2D eigenvalue weighted by Crippen LogP contribution is -2.38. The topological polar surface area (TPSA) is 55.1 Å². The molecule has 3 heteroatoms. The summed E-state index contributed by atoms with van der Waals surface area (Å²) in [6.45, 7) is 10.8. The van der Waals surface area contributed by atoms with Crippen molar-refractivity contribution in [1.82, 2.24) is 5.32 Å². The Kier molecular flexibility index (Phi) is 5.75. The van der Waals surface area contributed by atoms with E-state index >= 15 is 0 Å². The molecule has 0 fully saturated rings. The van der Waals surface area contributed by atoms with Crippen LogP contribution >= 0.6 is 0 Å². The SMILES string of the molecule is Cc1ccc([C@H](C)NC(=O)C(CN)CC(C)(C)C)cc1. The van der Waals surface area contributed by atoms with E-state index in [2.05, 4.69) is 57.3 Å². The third kappa shape index (κ3) is 5.33. The lowest BCUT2D eigenvalue weighted by molar-refractivity contribution is -0.126. The van der Waals surface area contributed by atoms with Crippen LogP contribution in [0.15, 0.2) is 24.3 Å². The highest BCUT2D eigenvalue weighted by Gasteiger charge is 2.24. The molecule has 2 atom stereocenters. The molecule has 3 N–H and O–H groups in total. The van der Waals surface area contributed by atoms with E-state index in [1.807, 2.05) is 6.92 Å². The van der Waals surface area contributed by atoms with Crippen molar-refractivity contribution in [1.29, 1.82) is 0 Å². The molecule has 20 heavy (non-hydrogen) atoms. The number of carbonyl (C=O) groups is 1. The number of amides is 1. The highest BCUT2D eigenvalue weighted by molar-refractivity contribution is 5.79. The highest BCUT2D eigenvalue weighted by atomic mass is 16.1. The molecular formula is C17H28N2O. The van der Waals surface area contributed by atoms with Gasteiger partial charge in [-0.2, -0.15) is 0 Å². The Bertz CT molecular complexity index is 431. The predicted molar refractivity (Wildman–Crippen MR) is 84.4 cm³/mol. The summed E-state index contributed by atoms with van der Waals surface area (Å²) < 4.78 is 0. The smallest absolute Gasteiger partial charge is 0.224 e. The largest absolute Gasteiger partial charge is 0.349 e. The number of hydrogen-bond acceptors (Lipinski definition) is 2. The van der Waals surface area contributed by atoms with E-state index in [0.29, 0.717) is 6.54 Å². The van der Waals surface area contributed by atoms with Crippen LogP contribution in [0.2, 0.25) is 0 Å². The molecule has 0 aromatic heterocycles. The van der Waals surface area contributed by atoms with Crippen LogP contribution in [-0.4, -0.2) is 12.5 Å². The van der Waals surface area contributed by atoms with Crippen LogP contribution in [0.5, 0.6) is 0 Å². The van der Waals surface area contributed by atoms with Crippen LogP contribution in [0, 0.1) is 18.3 Å². The Morgan fingerprint density at radius 3 is 2.25 bits per heavy atom. The third-order valence-corrected chi connectivity index (χ3v) is 3.45. The maximum atomic E-state index is 12.3. The molecule has 1 amide bonds. The summed E-state index contributed by atoms with van der Waals surface area (Å²) in [7, 11) is 0. The van der Waals surface area contributed by atoms with E-state index in [4.69, 9.17) is 5.73 Å². The van der Waals surface area contributed by atoms with Crippen molar-refractivity contribution in [2.75, 3.05) is 6.54 Å². The Hall–Kier alpha value is -1.35. The molecule has 1 aromatic rings. The summed E-state index contributed by atoms with van der Waals surface area (Å²) in [5.41, 5.74) is 8.20. The van der Waals surface area contributed by atoms with Gasteiger partial charge in [-0.25, -0.2) is 0 Å². The standard InChI is InChI=1S/C17H28N2O/c1-12-6-8-14(9-7-12)13(2)19-16(20)15(11-18)10-17(3,4)5/h6-9,13,15H,10-11,18H2,1-5H3,(H,19,20)/t13-,15?/m0/s1. The molecule has 1 unspecified atom stereocenters. The maximum Gasteiger partial charge on any atom is 0.224 e. The molecular weight excluding hydrogens is 248 g/mol. The van der Waals surface area contributed by atoms with Gasteiger partial charge in [-0.05, 0) is 31.2 Å². The van der Waals surface area contributed by atoms with E-state index in [-0.39, 0.29) is 23.3 Å². The number of nitrogens with two attached hydrogens (primary N) is 1. The van der Waals surface area contributed by atoms with Crippen molar-refractivity contribution in [3.63, 3.8) is 0 Å². The third-order valence-electron chi connectivity index (χ3n) is 3.45. The van der Waals surface area contributed by atoms with Gasteiger partial charge in [0.05, 0.1) is 12.0 Å². The fraction of sp³-hybridized carbons (Fsp3) is 0.588. The van der Waals surface area contributed by atoms with Gasteiger partial charge in [0, 0.05) is 6.54 Å². The summed E-state index contributed by atoms with van der Waals surface area (Å²) in [6, 6.07) is 8.25. The normalized spacial score (nSPS) is 14.7. The van der Waals surface area contributed by atoms with Crippen molar-refractivity contribution < 1.29 is 4.79 Å². The number of hydrogen-bond donors (Lipinski definition) is 2. The van der Waals surface area contributed by atoms with Crippen LogP contribution in [-0.2, 0) is 4.79 Å². The van der Waals surface area contributed by atoms with Gasteiger partial charge >= 0.3 is 0 Å². The Balaban J connectivity index is 2.66. The molecule has 0 bridgehead atoms. The zero-order valence-corrected chi connectivity index (χ0v) is 13.4. The first-order valence-electron chi connectivity index (χ1n) is 7.30. The number of carbonyl (C=O) groups excluding carboxylic acids is 1. The second-order valence-corrected chi connectivity index (χ2v) is 6.84. The van der Waals surface area contributed by atoms with E-state index in [9.17, 15) is 4.79 Å². The molecule has 112 valence electrons. The first-order valence-corrected chi connectivity index (χ1v) is 7.30. The first-order chi connectivity index (χ1) is 9.23. The molecule has 1 rings (SSSR count). The predicted octanol–water partition coefficient (Wildman–Crippen LogP) is 3.18. The van der Waals surface area contributed by atoms with Crippen LogP contribution in [0.3, 0.4) is 0 Å². The number of benzene rings is 1. The van der Waals surface area contributed by atoms with Crippen molar-refractivity contribution in [2.24, 2.45) is 17.1 Å². The molecule has 3 nitrogen and oxygen atoms in total. The Morgan fingerprint density at radius 1 is 1.25 bits per heavy atom. The fourth-order valence-corrected chi connectivity index (χ4v) is 2.29. The van der Waals surface area contributed by atoms with Gasteiger partial charge < -0.3 is 11.1 Å². The zero-order valence-electron chi connectivity index (χ0n) is 13.4. The van der Waals surface area contributed by atoms with E-state index < -0.39 is 0 Å². The lowest BCUT2D eigenvalue weighted by Gasteiger charge is -2.26. The minimum absolute atomic E-state index is 0.0112. The Labute approximate surface area is 122 Å². The van der Waals surface area contributed by atoms with Gasteiger partial charge in [0.1, 0.15) is 0 Å². The van der Waals surface area contributed by atoms with Crippen molar-refractivity contribution in [3.8, 4) is 0 Å². The first kappa shape index (κ1) is 16.7. The second-order valence-electron chi connectivity index (χ2n) is 6.84. The molecule has 0 saturated heterocycles. The Morgan fingerprint density at radius 2 is 1.80 bits per heavy atom. The minimum Gasteiger partial charge on any atom is -0.349 e. The van der Waals surface area contributed by atoms with Crippen molar-refractivity contribution in [3.05, 3.63) is 35.4 Å². The van der Waals surface area contributed by atoms with Crippen LogP contribution in [0.4, 0.5) is 0 Å². The van der Waals surface area contributed by atoms with Gasteiger partial charge in [0.15, 0.2) is 0 Å². The summed E-state index contributed by atoms with van der Waals surface area (Å²) in [5, 5.41) is 3.07. The molecule has 0 radical (unpaired) electrons. The maximum absolute atomic E-state index is 12.3. The zero-order chi connectivity index (χ0) is 15.3. The molecule has 0 aliphatic carbocycles. The lowest BCUT2D eigenvalue weighted by atomic mass is 9.84. The summed E-state index contributed by atoms with van der Waals surface area (Å²) in [4.78, 5) is 12.3. The summed E-state index contributed by atoms with van der Waals surface area (Å²) in [6.07, 6.45) is 0.802. The summed E-state index contributed by atoms with van der Waals surface area (Å²) >= 11 is 0. The number of rotatable bonds is 5. The average Bonchev–Trinajstić information content (AvgIpc) is 2.35. The average molecular weight is 276 g/mol. The monoisotopic (exact) mass is 276 g/mol. The summed E-state index contributed by atoms with van der Waals surface area (Å²) in [5.74, 6) is -0.0709. The second kappa shape index (κ2) is 6.89. The molecule has 1 aromatic carbocycles. The van der Waals surface area contributed by atoms with Gasteiger partial charge in [-0.15, -0.1) is 0 Å². The quantitative estimate of drug-likeness (QED) is 0.868. The van der Waals surface area contributed by atoms with E-state index in [1.54, 1.807) is 0 Å². The molecule has 0 spiro atoms. The van der Waals surface area contributed by atoms with Crippen LogP contribution in [0.1, 0.15) is 51.3 Å². The highest BCUT2D eigenvalue weighted by Crippen LogP contribution is 2.24. The molecule has 0 saturated carbocycles. The molecule has 0 heterocycles. The number of aryl methyl sites for hydroxylation is 1. The van der Waals surface area contributed by atoms with E-state index in [1.165, 1.54) is 5.56 Å². The van der Waals surface area contributed by atoms with Gasteiger partial charge in [0.25, 0.3) is 0 Å². The number of nitrogens with one attached hydrogen (secondary N) is 1. The molecule has 0 aliphatic heterocycles. The fourth-order valence-electron chi connectivity index (χ4n) is 2.29. The van der Waals surface area contributed by atoms with Gasteiger partial charge in [-0.3, -0.25) is 4.79 Å². The minimum atomic E-state index is -0.122. The van der Waals surface area contributed by atoms with Gasteiger partial charge in [0.2, 0.25) is 5.91 Å². The van der Waals surface area contributed by atoms with Crippen LogP contribution in [0.25, 0.3) is 0 Å². The van der Waals surface area contributed by atoms with Crippen LogP contribution < -0.4 is 11.1 Å². The van der Waals surface area contributed by atoms with Crippen molar-refractivity contribution >= 4 is 5.91 Å².